The summed E-state index contributed by atoms with van der Waals surface area (Å²) in [6.45, 7) is 7.94. The van der Waals surface area contributed by atoms with Crippen LogP contribution in [-0.2, 0) is 4.79 Å². The van der Waals surface area contributed by atoms with Crippen molar-refractivity contribution in [3.8, 4) is 0 Å². The Morgan fingerprint density at radius 2 is 1.95 bits per heavy atom. The third-order valence-corrected chi connectivity index (χ3v) is 2.94. The first-order valence-corrected chi connectivity index (χ1v) is 7.06. The molecule has 0 radical (unpaired) electrons. The van der Waals surface area contributed by atoms with E-state index in [0.717, 1.165) is 17.9 Å². The molecule has 1 rings (SSSR count). The van der Waals surface area contributed by atoms with Crippen molar-refractivity contribution < 1.29 is 9.90 Å². The third kappa shape index (κ3) is 5.59. The molecule has 0 saturated heterocycles. The van der Waals surface area contributed by atoms with Crippen LogP contribution in [0.2, 0.25) is 0 Å². The van der Waals surface area contributed by atoms with E-state index < -0.39 is 0 Å². The Balaban J connectivity index is 2.55. The molecule has 20 heavy (non-hydrogen) atoms. The molecular formula is C15H25N3O2. The summed E-state index contributed by atoms with van der Waals surface area (Å²) in [5.41, 5.74) is 1.82. The number of likely N-dealkylation sites (N-methyl/N-ethyl adjacent to an activating group) is 1. The lowest BCUT2D eigenvalue weighted by Crippen LogP contribution is -2.32. The Hall–Kier alpha value is -1.59. The fraction of sp³-hybridized carbons (Fsp3) is 0.533. The van der Waals surface area contributed by atoms with Gasteiger partial charge in [0.15, 0.2) is 0 Å². The van der Waals surface area contributed by atoms with E-state index in [1.165, 1.54) is 0 Å². The summed E-state index contributed by atoms with van der Waals surface area (Å²) in [7, 11) is 0. The van der Waals surface area contributed by atoms with Crippen LogP contribution in [-0.4, -0.2) is 43.3 Å². The van der Waals surface area contributed by atoms with Crippen molar-refractivity contribution in [1.29, 1.82) is 0 Å². The molecular weight excluding hydrogens is 254 g/mol. The van der Waals surface area contributed by atoms with E-state index in [0.29, 0.717) is 19.1 Å². The van der Waals surface area contributed by atoms with Gasteiger partial charge in [0.05, 0.1) is 13.2 Å². The highest BCUT2D eigenvalue weighted by Gasteiger charge is 2.05. The van der Waals surface area contributed by atoms with Crippen molar-refractivity contribution in [1.82, 2.24) is 5.32 Å². The number of rotatable bonds is 8. The molecule has 0 bridgehead atoms. The molecule has 0 aromatic heterocycles. The number of amides is 1. The largest absolute Gasteiger partial charge is 0.395 e. The van der Waals surface area contributed by atoms with Crippen LogP contribution in [0.1, 0.15) is 20.8 Å². The van der Waals surface area contributed by atoms with Gasteiger partial charge in [-0.25, -0.2) is 0 Å². The topological polar surface area (TPSA) is 64.6 Å². The number of benzene rings is 1. The van der Waals surface area contributed by atoms with Gasteiger partial charge in [-0.05, 0) is 31.2 Å². The lowest BCUT2D eigenvalue weighted by molar-refractivity contribution is -0.115. The van der Waals surface area contributed by atoms with Gasteiger partial charge in [-0.15, -0.1) is 0 Å². The van der Waals surface area contributed by atoms with E-state index in [2.05, 4.69) is 15.5 Å². The number of nitrogens with zero attached hydrogens (tertiary/aromatic N) is 1. The molecule has 1 aromatic rings. The zero-order valence-electron chi connectivity index (χ0n) is 12.5. The minimum absolute atomic E-state index is 0.0471. The number of nitrogens with one attached hydrogen (secondary N) is 2. The zero-order chi connectivity index (χ0) is 15.0. The molecule has 0 atom stereocenters. The number of hydrogen-bond donors (Lipinski definition) is 3. The van der Waals surface area contributed by atoms with E-state index in [4.69, 9.17) is 5.11 Å². The van der Waals surface area contributed by atoms with Crippen molar-refractivity contribution >= 4 is 17.3 Å². The molecule has 5 heteroatoms. The van der Waals surface area contributed by atoms with Crippen LogP contribution in [0.3, 0.4) is 0 Å². The Morgan fingerprint density at radius 3 is 2.45 bits per heavy atom. The number of aliphatic hydroxyl groups excluding tert-OH is 1. The summed E-state index contributed by atoms with van der Waals surface area (Å²) in [6.07, 6.45) is 0. The van der Waals surface area contributed by atoms with Gasteiger partial charge in [-0.3, -0.25) is 4.79 Å². The molecule has 0 fully saturated rings. The van der Waals surface area contributed by atoms with Gasteiger partial charge in [-0.1, -0.05) is 13.8 Å². The summed E-state index contributed by atoms with van der Waals surface area (Å²) in [5, 5.41) is 14.9. The van der Waals surface area contributed by atoms with E-state index in [1.807, 2.05) is 45.0 Å². The fourth-order valence-corrected chi connectivity index (χ4v) is 1.85. The average Bonchev–Trinajstić information content (AvgIpc) is 2.43. The maximum absolute atomic E-state index is 11.7. The van der Waals surface area contributed by atoms with Crippen molar-refractivity contribution in [2.24, 2.45) is 0 Å². The van der Waals surface area contributed by atoms with Gasteiger partial charge in [0.2, 0.25) is 5.91 Å². The molecule has 1 aromatic carbocycles. The Labute approximate surface area is 121 Å². The molecule has 5 nitrogen and oxygen atoms in total. The average molecular weight is 279 g/mol. The number of carbonyl (C=O) groups excluding carboxylic acids is 1. The van der Waals surface area contributed by atoms with Gasteiger partial charge < -0.3 is 20.6 Å². The van der Waals surface area contributed by atoms with Gasteiger partial charge >= 0.3 is 0 Å². The minimum Gasteiger partial charge on any atom is -0.395 e. The van der Waals surface area contributed by atoms with Crippen LogP contribution < -0.4 is 15.5 Å². The van der Waals surface area contributed by atoms with Crippen molar-refractivity contribution in [2.45, 2.75) is 26.8 Å². The normalized spacial score (nSPS) is 10.7. The number of hydrogen-bond acceptors (Lipinski definition) is 4. The summed E-state index contributed by atoms with van der Waals surface area (Å²) >= 11 is 0. The van der Waals surface area contributed by atoms with E-state index in [-0.39, 0.29) is 12.5 Å². The Morgan fingerprint density at radius 1 is 1.30 bits per heavy atom. The summed E-state index contributed by atoms with van der Waals surface area (Å²) in [6, 6.07) is 7.94. The molecule has 0 aliphatic heterocycles. The first kappa shape index (κ1) is 16.5. The lowest BCUT2D eigenvalue weighted by Gasteiger charge is -2.22. The van der Waals surface area contributed by atoms with Crippen molar-refractivity contribution in [3.63, 3.8) is 0 Å². The molecule has 3 N–H and O–H groups in total. The quantitative estimate of drug-likeness (QED) is 0.674. The van der Waals surface area contributed by atoms with Crippen LogP contribution in [0.4, 0.5) is 11.4 Å². The molecule has 0 aliphatic carbocycles. The second-order valence-electron chi connectivity index (χ2n) is 4.93. The predicted octanol–water partition coefficient (Wildman–Crippen LogP) is 1.44. The van der Waals surface area contributed by atoms with Crippen LogP contribution in [0.15, 0.2) is 24.3 Å². The standard InChI is InChI=1S/C15H25N3O2/c1-4-18(9-10-19)14-7-5-13(6-8-14)17-15(20)11-16-12(2)3/h5-8,12,16,19H,4,9-11H2,1-3H3,(H,17,20). The third-order valence-electron chi connectivity index (χ3n) is 2.94. The molecule has 112 valence electrons. The number of aliphatic hydroxyl groups is 1. The fourth-order valence-electron chi connectivity index (χ4n) is 1.85. The first-order valence-electron chi connectivity index (χ1n) is 7.06. The van der Waals surface area contributed by atoms with Crippen LogP contribution in [0.5, 0.6) is 0 Å². The summed E-state index contributed by atoms with van der Waals surface area (Å²) < 4.78 is 0. The highest BCUT2D eigenvalue weighted by atomic mass is 16.3. The minimum atomic E-state index is -0.0471. The number of anilines is 2. The predicted molar refractivity (Wildman–Crippen MR) is 83.2 cm³/mol. The molecule has 0 aliphatic rings. The van der Waals surface area contributed by atoms with E-state index in [9.17, 15) is 4.79 Å². The smallest absolute Gasteiger partial charge is 0.238 e. The van der Waals surface area contributed by atoms with Crippen LogP contribution in [0.25, 0.3) is 0 Å². The van der Waals surface area contributed by atoms with Gasteiger partial charge in [0, 0.05) is 30.5 Å². The summed E-state index contributed by atoms with van der Waals surface area (Å²) in [5.74, 6) is -0.0471. The Bertz CT molecular complexity index is 404. The lowest BCUT2D eigenvalue weighted by atomic mass is 10.2. The van der Waals surface area contributed by atoms with Crippen molar-refractivity contribution in [3.05, 3.63) is 24.3 Å². The van der Waals surface area contributed by atoms with Gasteiger partial charge in [-0.2, -0.15) is 0 Å². The molecule has 1 amide bonds. The second-order valence-corrected chi connectivity index (χ2v) is 4.93. The first-order chi connectivity index (χ1) is 9.56. The maximum atomic E-state index is 11.7. The highest BCUT2D eigenvalue weighted by Crippen LogP contribution is 2.17. The van der Waals surface area contributed by atoms with Gasteiger partial charge in [0.1, 0.15) is 0 Å². The SMILES string of the molecule is CCN(CCO)c1ccc(NC(=O)CNC(C)C)cc1. The maximum Gasteiger partial charge on any atom is 0.238 e. The zero-order valence-corrected chi connectivity index (χ0v) is 12.5. The molecule has 0 saturated carbocycles. The van der Waals surface area contributed by atoms with Gasteiger partial charge in [0.25, 0.3) is 0 Å². The Kier molecular flexibility index (Phi) is 7.04. The molecule has 0 heterocycles. The van der Waals surface area contributed by atoms with E-state index in [1.54, 1.807) is 0 Å². The van der Waals surface area contributed by atoms with Crippen LogP contribution in [0, 0.1) is 0 Å². The highest BCUT2D eigenvalue weighted by molar-refractivity contribution is 5.92. The van der Waals surface area contributed by atoms with Crippen LogP contribution >= 0.6 is 0 Å². The summed E-state index contributed by atoms with van der Waals surface area (Å²) in [4.78, 5) is 13.8. The second kappa shape index (κ2) is 8.55. The molecule has 0 unspecified atom stereocenters. The van der Waals surface area contributed by atoms with E-state index >= 15 is 0 Å². The molecule has 0 spiro atoms. The monoisotopic (exact) mass is 279 g/mol. The van der Waals surface area contributed by atoms with Crippen molar-refractivity contribution in [2.75, 3.05) is 36.5 Å². The number of carbonyl (C=O) groups is 1.